The van der Waals surface area contributed by atoms with Gasteiger partial charge in [0.2, 0.25) is 0 Å². The summed E-state index contributed by atoms with van der Waals surface area (Å²) in [6.07, 6.45) is 5.22. The van der Waals surface area contributed by atoms with Gasteiger partial charge in [0.15, 0.2) is 0 Å². The van der Waals surface area contributed by atoms with Crippen LogP contribution in [0.4, 0.5) is 0 Å². The van der Waals surface area contributed by atoms with E-state index in [1.807, 2.05) is 12.1 Å². The summed E-state index contributed by atoms with van der Waals surface area (Å²) in [6.45, 7) is 2.34. The first-order valence-electron chi connectivity index (χ1n) is 7.84. The van der Waals surface area contributed by atoms with Gasteiger partial charge in [-0.2, -0.15) is 5.26 Å². The van der Waals surface area contributed by atoms with E-state index in [9.17, 15) is 10.4 Å². The second kappa shape index (κ2) is 5.65. The van der Waals surface area contributed by atoms with Crippen LogP contribution in [-0.4, -0.2) is 10.4 Å². The van der Waals surface area contributed by atoms with Crippen molar-refractivity contribution in [3.63, 3.8) is 0 Å². The quantitative estimate of drug-likeness (QED) is 0.783. The number of hydrogen-bond donors (Lipinski definition) is 1. The van der Waals surface area contributed by atoms with Gasteiger partial charge in [0, 0.05) is 11.8 Å². The van der Waals surface area contributed by atoms with Crippen molar-refractivity contribution in [2.24, 2.45) is 17.3 Å². The highest BCUT2D eigenvalue weighted by Gasteiger charge is 2.47. The molecule has 0 bridgehead atoms. The van der Waals surface area contributed by atoms with Crippen molar-refractivity contribution in [2.45, 2.75) is 44.9 Å². The molecular weight excluding hydrogens is 326 g/mol. The highest BCUT2D eigenvalue weighted by atomic mass is 79.9. The molecule has 21 heavy (non-hydrogen) atoms. The molecule has 2 nitrogen and oxygen atoms in total. The average molecular weight is 348 g/mol. The van der Waals surface area contributed by atoms with Crippen LogP contribution in [0, 0.1) is 28.6 Å². The molecular formula is C18H22BrNO. The molecule has 1 aromatic carbocycles. The topological polar surface area (TPSA) is 44.0 Å². The molecule has 2 aliphatic carbocycles. The summed E-state index contributed by atoms with van der Waals surface area (Å²) in [7, 11) is 0. The van der Waals surface area contributed by atoms with Gasteiger partial charge in [0.25, 0.3) is 0 Å². The number of alkyl halides is 1. The maximum absolute atomic E-state index is 9.69. The summed E-state index contributed by atoms with van der Waals surface area (Å²) >= 11 is 3.69. The van der Waals surface area contributed by atoms with Crippen LogP contribution < -0.4 is 0 Å². The molecule has 1 aromatic rings. The largest absolute Gasteiger partial charge is 0.508 e. The van der Waals surface area contributed by atoms with Crippen molar-refractivity contribution in [1.82, 2.24) is 0 Å². The molecule has 0 aliphatic heterocycles. The van der Waals surface area contributed by atoms with E-state index in [1.54, 1.807) is 0 Å². The minimum absolute atomic E-state index is 0.241. The minimum atomic E-state index is 0.241. The second-order valence-corrected chi connectivity index (χ2v) is 7.55. The number of hydrogen-bond acceptors (Lipinski definition) is 2. The molecule has 0 aromatic heterocycles. The number of nitriles is 1. The Bertz CT molecular complexity index is 579. The van der Waals surface area contributed by atoms with Crippen molar-refractivity contribution >= 4 is 15.9 Å². The van der Waals surface area contributed by atoms with E-state index in [-0.39, 0.29) is 5.41 Å². The zero-order chi connectivity index (χ0) is 15.0. The second-order valence-electron chi connectivity index (χ2n) is 6.99. The van der Waals surface area contributed by atoms with Crippen LogP contribution in [0.15, 0.2) is 18.2 Å². The number of benzene rings is 1. The van der Waals surface area contributed by atoms with Crippen LogP contribution >= 0.6 is 15.9 Å². The highest BCUT2D eigenvalue weighted by molar-refractivity contribution is 9.09. The summed E-state index contributed by atoms with van der Waals surface area (Å²) in [6, 6.07) is 8.30. The van der Waals surface area contributed by atoms with E-state index in [0.29, 0.717) is 29.9 Å². The average Bonchev–Trinajstić information content (AvgIpc) is 2.49. The van der Waals surface area contributed by atoms with Crippen molar-refractivity contribution in [2.75, 3.05) is 5.33 Å². The van der Waals surface area contributed by atoms with Crippen LogP contribution in [0.3, 0.4) is 0 Å². The molecule has 2 aliphatic rings. The highest BCUT2D eigenvalue weighted by Crippen LogP contribution is 2.56. The first kappa shape index (κ1) is 14.9. The minimum Gasteiger partial charge on any atom is -0.508 e. The maximum atomic E-state index is 9.69. The molecule has 3 heteroatoms. The van der Waals surface area contributed by atoms with Crippen LogP contribution in [0.2, 0.25) is 0 Å². The third-order valence-electron chi connectivity index (χ3n) is 5.84. The van der Waals surface area contributed by atoms with E-state index in [4.69, 9.17) is 0 Å². The molecule has 4 unspecified atom stereocenters. The summed E-state index contributed by atoms with van der Waals surface area (Å²) in [4.78, 5) is 0. The maximum Gasteiger partial charge on any atom is 0.115 e. The monoisotopic (exact) mass is 347 g/mol. The van der Waals surface area contributed by atoms with Crippen molar-refractivity contribution in [3.05, 3.63) is 29.3 Å². The summed E-state index contributed by atoms with van der Waals surface area (Å²) < 4.78 is 0. The predicted molar refractivity (Wildman–Crippen MR) is 87.5 cm³/mol. The Morgan fingerprint density at radius 2 is 2.24 bits per heavy atom. The van der Waals surface area contributed by atoms with Crippen LogP contribution in [0.25, 0.3) is 0 Å². The summed E-state index contributed by atoms with van der Waals surface area (Å²) in [5.41, 5.74) is 2.98. The van der Waals surface area contributed by atoms with Crippen LogP contribution in [0.1, 0.15) is 49.7 Å². The zero-order valence-corrected chi connectivity index (χ0v) is 14.1. The molecule has 0 spiro atoms. The number of fused-ring (bicyclic) bond motifs is 3. The fourth-order valence-electron chi connectivity index (χ4n) is 4.63. The SMILES string of the molecule is CC1(CBr)CCC2c3ccc(O)cc3CCC2C1CC#N. The summed E-state index contributed by atoms with van der Waals surface area (Å²) in [5, 5.41) is 19.9. The third kappa shape index (κ3) is 2.48. The zero-order valence-electron chi connectivity index (χ0n) is 12.5. The van der Waals surface area contributed by atoms with Gasteiger partial charge in [0.1, 0.15) is 5.75 Å². The van der Waals surface area contributed by atoms with E-state index in [0.717, 1.165) is 18.2 Å². The number of rotatable bonds is 2. The smallest absolute Gasteiger partial charge is 0.115 e. The van der Waals surface area contributed by atoms with Gasteiger partial charge < -0.3 is 5.11 Å². The number of aromatic hydroxyl groups is 1. The molecule has 0 heterocycles. The molecule has 0 amide bonds. The molecule has 0 saturated heterocycles. The Hall–Kier alpha value is -1.01. The lowest BCUT2D eigenvalue weighted by Gasteiger charge is -2.51. The molecule has 1 saturated carbocycles. The van der Waals surface area contributed by atoms with E-state index < -0.39 is 0 Å². The third-order valence-corrected chi connectivity index (χ3v) is 7.13. The number of phenolic OH excluding ortho intramolecular Hbond substituents is 1. The number of phenols is 1. The van der Waals surface area contributed by atoms with Gasteiger partial charge in [-0.3, -0.25) is 0 Å². The van der Waals surface area contributed by atoms with E-state index >= 15 is 0 Å². The Morgan fingerprint density at radius 1 is 1.43 bits per heavy atom. The van der Waals surface area contributed by atoms with Gasteiger partial charge in [-0.05, 0) is 72.1 Å². The predicted octanol–water partition coefficient (Wildman–Crippen LogP) is 4.76. The van der Waals surface area contributed by atoms with Crippen LogP contribution in [0.5, 0.6) is 5.75 Å². The van der Waals surface area contributed by atoms with E-state index in [1.165, 1.54) is 24.0 Å². The van der Waals surface area contributed by atoms with Crippen molar-refractivity contribution < 1.29 is 5.11 Å². The molecule has 0 radical (unpaired) electrons. The van der Waals surface area contributed by atoms with Gasteiger partial charge in [-0.25, -0.2) is 0 Å². The molecule has 3 rings (SSSR count). The molecule has 4 atom stereocenters. The molecule has 1 N–H and O–H groups in total. The van der Waals surface area contributed by atoms with Crippen molar-refractivity contribution in [3.8, 4) is 11.8 Å². The number of halogens is 1. The fourth-order valence-corrected chi connectivity index (χ4v) is 5.32. The van der Waals surface area contributed by atoms with Crippen molar-refractivity contribution in [1.29, 1.82) is 5.26 Å². The molecule has 112 valence electrons. The number of nitrogens with zero attached hydrogens (tertiary/aromatic N) is 1. The molecule has 1 fully saturated rings. The lowest BCUT2D eigenvalue weighted by molar-refractivity contribution is 0.0543. The standard InChI is InChI=1S/C18H22BrNO/c1-18(11-19)8-6-15-14-5-3-13(21)10-12(14)2-4-16(15)17(18)7-9-20/h3,5,10,15-17,21H,2,4,6-8,11H2,1H3. The number of aryl methyl sites for hydroxylation is 1. The first-order chi connectivity index (χ1) is 10.1. The Morgan fingerprint density at radius 3 is 2.95 bits per heavy atom. The lowest BCUT2D eigenvalue weighted by atomic mass is 9.54. The van der Waals surface area contributed by atoms with Gasteiger partial charge in [-0.1, -0.05) is 28.9 Å². The normalized spacial score (nSPS) is 34.6. The fraction of sp³-hybridized carbons (Fsp3) is 0.611. The van der Waals surface area contributed by atoms with Gasteiger partial charge in [0.05, 0.1) is 6.07 Å². The van der Waals surface area contributed by atoms with Gasteiger partial charge in [-0.15, -0.1) is 0 Å². The lowest BCUT2D eigenvalue weighted by Crippen LogP contribution is -2.43. The Kier molecular flexibility index (Phi) is 4.01. The van der Waals surface area contributed by atoms with Gasteiger partial charge >= 0.3 is 0 Å². The first-order valence-corrected chi connectivity index (χ1v) is 8.96. The van der Waals surface area contributed by atoms with E-state index in [2.05, 4.69) is 35.0 Å². The Balaban J connectivity index is 1.96. The Labute approximate surface area is 135 Å². The summed E-state index contributed by atoms with van der Waals surface area (Å²) in [5.74, 6) is 2.03. The van der Waals surface area contributed by atoms with Crippen LogP contribution in [-0.2, 0) is 6.42 Å².